The zero-order chi connectivity index (χ0) is 112. The Kier molecular flexibility index (Phi) is 36.2. The van der Waals surface area contributed by atoms with Crippen molar-refractivity contribution in [3.05, 3.63) is 36.5 Å². The van der Waals surface area contributed by atoms with Crippen LogP contribution in [0.25, 0.3) is 0 Å². The number of esters is 3. The molecule has 0 saturated heterocycles. The van der Waals surface area contributed by atoms with Gasteiger partial charge in [-0.25, -0.2) is 14.4 Å². The van der Waals surface area contributed by atoms with E-state index in [4.69, 9.17) is 47.4 Å². The highest BCUT2D eigenvalue weighted by Crippen LogP contribution is 2.83. The molecule has 144 heavy (non-hydrogen) atoms. The molecule has 11 saturated carbocycles. The van der Waals surface area contributed by atoms with Gasteiger partial charge in [0.25, 0.3) is 5.60 Å². The molecule has 0 heterocycles. The summed E-state index contributed by atoms with van der Waals surface area (Å²) in [5.74, 6) is -2.70. The van der Waals surface area contributed by atoms with Gasteiger partial charge >= 0.3 is 36.4 Å². The van der Waals surface area contributed by atoms with E-state index in [1.165, 1.54) is 6.92 Å². The highest BCUT2D eigenvalue weighted by Gasteiger charge is 2.84. The molecule has 0 radical (unpaired) electrons. The first-order valence-electron chi connectivity index (χ1n) is 54.3. The van der Waals surface area contributed by atoms with Crippen LogP contribution in [0.2, 0.25) is 0 Å². The second kappa shape index (κ2) is 41.0. The molecule has 20 nitrogen and oxygen atoms in total. The molecule has 0 aromatic rings. The minimum atomic E-state index is -6.16. The second-order valence-corrected chi connectivity index (χ2v) is 53.5. The lowest BCUT2D eigenvalue weighted by Gasteiger charge is -2.79. The lowest BCUT2D eigenvalue weighted by atomic mass is 9.30. The molecule has 11 fully saturated rings. The van der Waals surface area contributed by atoms with Gasteiger partial charge in [0.2, 0.25) is 0 Å². The van der Waals surface area contributed by atoms with Crippen molar-refractivity contribution in [3.8, 4) is 0 Å². The van der Waals surface area contributed by atoms with Crippen molar-refractivity contribution in [2.24, 2.45) is 44.8 Å². The molecule has 0 aromatic heterocycles. The summed E-state index contributed by atoms with van der Waals surface area (Å²) >= 11 is 0. The molecule has 0 aliphatic heterocycles. The van der Waals surface area contributed by atoms with Gasteiger partial charge in [-0.2, -0.15) is 39.5 Å². The number of ether oxygens (including phenoxy) is 10. The Labute approximate surface area is 860 Å². The Morgan fingerprint density at radius 3 is 0.757 bits per heavy atom. The minimum Gasteiger partial charge on any atom is -0.459 e. The molecule has 11 aliphatic rings. The summed E-state index contributed by atoms with van der Waals surface area (Å²) in [7, 11) is 0. The van der Waals surface area contributed by atoms with Crippen molar-refractivity contribution in [1.82, 2.24) is 0 Å². The van der Waals surface area contributed by atoms with Crippen LogP contribution in [0.4, 0.5) is 39.5 Å². The topological polar surface area (TPSA) is 285 Å². The van der Waals surface area contributed by atoms with Gasteiger partial charge in [-0.3, -0.25) is 0 Å². The van der Waals surface area contributed by atoms with E-state index < -0.39 is 193 Å². The Morgan fingerprint density at radius 1 is 0.299 bits per heavy atom. The molecular formula is C115H197F9O20. The fourth-order valence-corrected chi connectivity index (χ4v) is 29.5. The molecule has 0 spiro atoms. The van der Waals surface area contributed by atoms with Gasteiger partial charge in [-0.1, -0.05) is 115 Å². The number of aliphatic hydroxyl groups is 7. The largest absolute Gasteiger partial charge is 0.459 e. The highest BCUT2D eigenvalue weighted by molar-refractivity contribution is 5.88. The predicted molar refractivity (Wildman–Crippen MR) is 544 cm³/mol. The van der Waals surface area contributed by atoms with Crippen LogP contribution in [0, 0.1) is 44.8 Å². The number of carbonyl (C=O) groups excluding carboxylic acids is 3. The average Bonchev–Trinajstić information content (AvgIpc) is 0.769. The highest BCUT2D eigenvalue weighted by atomic mass is 19.4. The van der Waals surface area contributed by atoms with Crippen molar-refractivity contribution < 1.29 is 137 Å². The number of halogens is 9. The molecular weight excluding hydrogens is 1870 g/mol. The van der Waals surface area contributed by atoms with Crippen LogP contribution >= 0.6 is 0 Å². The molecule has 6 unspecified atom stereocenters. The van der Waals surface area contributed by atoms with Gasteiger partial charge in [-0.15, -0.1) is 0 Å². The molecule has 0 amide bonds. The van der Waals surface area contributed by atoms with Gasteiger partial charge < -0.3 is 83.1 Å². The Morgan fingerprint density at radius 2 is 0.528 bits per heavy atom. The standard InChI is InChI=1S/C47H86O8.C36H64O6.C32H47F9O6/c1-21-45(22-2,53-38(15,16)35(9,10)49)41-27-42(46(23-3,24-4)54-39(17,18)36(11,12)50)29-43(28-41,32-44(30-41,31-42)52-34(48)33(7)8)47(25-5,26-6)55-40(19,20)37(13,14)51;1-15-35(16-2,41-30(11,12)28(7,8)38)32-19-26-20-33(22-32,24-34(21-26,23-32)40-27(37)25(5)6)36(17-3,18-4)42-31(13,14)29(9,10)39;1-19(2)23(42)45-22-17-20(27(12-8-9-13-27)46-24(3,4)26(7,43)30(33,34)35)16-21(18-22)28(14-10-11-15-28)47-25(5,6)29(44,31(36,37)38)32(39,40)41/h49-51H,7,21-32H2,1-6,8-20H3;26,38-39H,5,15-24H2,1-4,6-14H3;20-22,43-44H,1,8-18H2,2-7H3. The zero-order valence-electron chi connectivity index (χ0n) is 96.1. The maximum absolute atomic E-state index is 14.1. The predicted octanol–water partition coefficient (Wildman–Crippen LogP) is 26.9. The summed E-state index contributed by atoms with van der Waals surface area (Å²) in [5, 5.41) is 78.4. The third kappa shape index (κ3) is 22.6. The van der Waals surface area contributed by atoms with E-state index in [0.717, 1.165) is 97.3 Å². The third-order valence-corrected chi connectivity index (χ3v) is 40.5. The van der Waals surface area contributed by atoms with Crippen molar-refractivity contribution >= 4 is 17.9 Å². The van der Waals surface area contributed by atoms with Gasteiger partial charge in [0.05, 0.1) is 95.2 Å². The Bertz CT molecular complexity index is 4210. The average molecular weight is 2070 g/mol. The Balaban J connectivity index is 0.000000296. The first-order chi connectivity index (χ1) is 64.4. The van der Waals surface area contributed by atoms with Crippen LogP contribution < -0.4 is 0 Å². The molecule has 7 N–H and O–H groups in total. The molecule has 11 rings (SSSR count). The monoisotopic (exact) mass is 2070 g/mol. The van der Waals surface area contributed by atoms with Gasteiger partial charge in [0.15, 0.2) is 5.60 Å². The third-order valence-electron chi connectivity index (χ3n) is 40.5. The SMILES string of the molecule is C=C(C)C(=O)OC12CC3(C(CC)(CC)OC(C)(C)C(C)(C)O)CC(C(CC)(CC)OC(C)(C)C(C)(C)O)(C1)CC(C(CC)(CC)OC(C)(C)C(C)(C)O)(C2)C3.C=C(C)C(=O)OC12CC3CC(C(CC)(CC)OC(C)(C)C(C)(C)O)(C1)CC(C(CC)(CC)OC(C)(C)C(C)(C)O)(C3)C2.C=C(C)C(=O)OC1CC(C2(OC(C)(C)C(C)(O)C(F)(F)F)CCCC2)CC(C2(OC(C)(C)C(O)(C(F)(F)F)C(F)(F)F)CCCC2)C1. The summed E-state index contributed by atoms with van der Waals surface area (Å²) < 4.78 is 195. The molecule has 11 aliphatic carbocycles. The lowest BCUT2D eigenvalue weighted by molar-refractivity contribution is -0.423. The van der Waals surface area contributed by atoms with Gasteiger partial charge in [0, 0.05) is 43.8 Å². The minimum absolute atomic E-state index is 0.0260. The molecule has 0 aromatic carbocycles. The van der Waals surface area contributed by atoms with E-state index in [-0.39, 0.29) is 67.3 Å². The van der Waals surface area contributed by atoms with Gasteiger partial charge in [-0.05, 0) is 398 Å². The van der Waals surface area contributed by atoms with Gasteiger partial charge in [0.1, 0.15) is 28.5 Å². The van der Waals surface area contributed by atoms with Crippen LogP contribution in [-0.2, 0) is 61.8 Å². The van der Waals surface area contributed by atoms with Crippen molar-refractivity contribution in [2.45, 2.75) is 628 Å². The van der Waals surface area contributed by atoms with Crippen LogP contribution in [0.15, 0.2) is 36.5 Å². The summed E-state index contributed by atoms with van der Waals surface area (Å²) in [6.07, 6.45) is 0.730. The Hall–Kier alpha value is -3.56. The van der Waals surface area contributed by atoms with Crippen molar-refractivity contribution in [3.63, 3.8) is 0 Å². The normalized spacial score (nSPS) is 28.7. The maximum atomic E-state index is 14.1. The summed E-state index contributed by atoms with van der Waals surface area (Å²) in [6, 6.07) is 0. The molecule has 6 atom stereocenters. The molecule has 840 valence electrons. The van der Waals surface area contributed by atoms with Crippen molar-refractivity contribution in [1.29, 1.82) is 0 Å². The molecule has 29 heteroatoms. The fraction of sp³-hybridized carbons (Fsp3) is 0.922. The quantitative estimate of drug-likeness (QED) is 0.0129. The first-order valence-corrected chi connectivity index (χ1v) is 54.3. The number of alkyl halides is 9. The van der Waals surface area contributed by atoms with E-state index in [0.29, 0.717) is 121 Å². The van der Waals surface area contributed by atoms with Crippen LogP contribution in [0.1, 0.15) is 475 Å². The van der Waals surface area contributed by atoms with E-state index in [2.05, 4.69) is 89.0 Å². The van der Waals surface area contributed by atoms with Crippen LogP contribution in [0.3, 0.4) is 0 Å². The second-order valence-electron chi connectivity index (χ2n) is 53.5. The van der Waals surface area contributed by atoms with Crippen LogP contribution in [-0.4, -0.2) is 207 Å². The summed E-state index contributed by atoms with van der Waals surface area (Å²) in [4.78, 5) is 40.0. The number of hydrogen-bond acceptors (Lipinski definition) is 20. The van der Waals surface area contributed by atoms with Crippen molar-refractivity contribution in [2.75, 3.05) is 0 Å². The maximum Gasteiger partial charge on any atom is 0.429 e. The smallest absolute Gasteiger partial charge is 0.429 e. The van der Waals surface area contributed by atoms with E-state index in [1.54, 1.807) is 13.8 Å². The van der Waals surface area contributed by atoms with E-state index in [1.807, 2.05) is 138 Å². The first kappa shape index (κ1) is 127. The fourth-order valence-electron chi connectivity index (χ4n) is 29.5. The van der Waals surface area contributed by atoms with Crippen LogP contribution in [0.5, 0.6) is 0 Å². The number of rotatable bonds is 44. The number of hydrogen-bond donors (Lipinski definition) is 7. The lowest BCUT2D eigenvalue weighted by Crippen LogP contribution is -2.79. The van der Waals surface area contributed by atoms with E-state index in [9.17, 15) is 89.6 Å². The summed E-state index contributed by atoms with van der Waals surface area (Å²) in [5.41, 5.74) is -33.2. The number of carbonyl (C=O) groups is 3. The zero-order valence-corrected chi connectivity index (χ0v) is 96.1. The van der Waals surface area contributed by atoms with E-state index >= 15 is 0 Å². The molecule has 8 bridgehead atoms. The summed E-state index contributed by atoms with van der Waals surface area (Å²) in [6.45, 7) is 80.5.